The van der Waals surface area contributed by atoms with Crippen LogP contribution in [0.15, 0.2) is 136 Å². The summed E-state index contributed by atoms with van der Waals surface area (Å²) < 4.78 is 158. The quantitative estimate of drug-likeness (QED) is 0.0355. The molecule has 0 spiro atoms. The van der Waals surface area contributed by atoms with Crippen molar-refractivity contribution in [3.05, 3.63) is 231 Å². The molecular formula is C94H124Br2F8O13Si3. The molecule has 7 aromatic carbocycles. The first kappa shape index (κ1) is 98.1. The zero-order chi connectivity index (χ0) is 88.5. The molecule has 7 aliphatic rings. The monoisotopic (exact) mass is 1850 g/mol. The molecule has 1 aliphatic heterocycles. The summed E-state index contributed by atoms with van der Waals surface area (Å²) in [4.78, 5) is 11.6. The summed E-state index contributed by atoms with van der Waals surface area (Å²) in [6, 6.07) is 39.5. The van der Waals surface area contributed by atoms with Crippen molar-refractivity contribution in [3.8, 4) is 11.5 Å². The fourth-order valence-corrected chi connectivity index (χ4v) is 21.2. The lowest BCUT2D eigenvalue weighted by Gasteiger charge is -2.38. The van der Waals surface area contributed by atoms with Crippen molar-refractivity contribution in [3.63, 3.8) is 0 Å². The number of alkyl halides is 8. The topological polar surface area (TPSA) is 161 Å². The van der Waals surface area contributed by atoms with Gasteiger partial charge >= 0.3 is 5.97 Å². The molecule has 14 rings (SSSR count). The molecular weight excluding hydrogens is 1730 g/mol. The van der Waals surface area contributed by atoms with Crippen molar-refractivity contribution in [2.75, 3.05) is 35.0 Å². The van der Waals surface area contributed by atoms with Crippen molar-refractivity contribution in [2.24, 2.45) is 0 Å². The Balaban J connectivity index is 0.000000168. The average Bonchev–Trinajstić information content (AvgIpc) is 1.59. The zero-order valence-electron chi connectivity index (χ0n) is 72.9. The smallest absolute Gasteiger partial charge is 0.306 e. The summed E-state index contributed by atoms with van der Waals surface area (Å²) >= 11 is 7.11. The first-order valence-electron chi connectivity index (χ1n) is 41.6. The van der Waals surface area contributed by atoms with Crippen molar-refractivity contribution in [2.45, 2.75) is 293 Å². The minimum atomic E-state index is -2.76. The van der Waals surface area contributed by atoms with Gasteiger partial charge in [-0.25, -0.2) is 35.1 Å². The van der Waals surface area contributed by atoms with E-state index in [1.165, 1.54) is 49.6 Å². The second-order valence-corrected chi connectivity index (χ2v) is 52.5. The fraction of sp³-hybridized carbons (Fsp3) is 0.543. The second-order valence-electron chi connectivity index (χ2n) is 36.5. The van der Waals surface area contributed by atoms with Gasteiger partial charge in [0.25, 0.3) is 25.7 Å². The Labute approximate surface area is 725 Å². The normalized spacial score (nSPS) is 20.5. The van der Waals surface area contributed by atoms with Gasteiger partial charge < -0.3 is 57.0 Å². The molecule has 3 N–H and O–H groups in total. The predicted octanol–water partition coefficient (Wildman–Crippen LogP) is 25.9. The number of hydrogen-bond donors (Lipinski definition) is 3. The molecule has 26 heteroatoms. The van der Waals surface area contributed by atoms with Gasteiger partial charge in [-0.2, -0.15) is 0 Å². The first-order chi connectivity index (χ1) is 56.3. The van der Waals surface area contributed by atoms with Crippen LogP contribution in [-0.4, -0.2) is 107 Å². The van der Waals surface area contributed by atoms with Gasteiger partial charge in [0.2, 0.25) is 0 Å². The summed E-state index contributed by atoms with van der Waals surface area (Å²) in [5.41, 5.74) is 15.4. The van der Waals surface area contributed by atoms with E-state index in [-0.39, 0.29) is 57.8 Å². The lowest BCUT2D eigenvalue weighted by atomic mass is 9.98. The van der Waals surface area contributed by atoms with E-state index in [1.807, 2.05) is 60.7 Å². The standard InChI is InChI=1S/C23H24F2O5.C18H28F2O2Si.C17H26F2O2Si.C15H23BrOSi.C12H14F2O2.C9H9BrO/c1-27-21(26)10-13-12-29-20-11-14(6-7-15(13)20)30-19-9-8-16-17(19)4-3-5-18(16)22(28-2)23(24)25;1-18(2,3)23(5,6)22-15-11-10-12-13(15)8-7-9-14(12)16(21-4)17(19)20;1-17(2,3)22(4,5)21-14-10-9-11-12(14)7-6-8-13(11)15(20)16(18)19;1-15(2,3)18(4,5)17-14-10-9-11-12(14)7-6-8-13(11)16;1-16-11(12(13)14)9-4-2-3-8-7(9)5-6-10(8)15;10-8-3-1-2-7-6(8)4-5-9(7)11/h3-7,11,13,19,22-23H,8-10,12H2,1-2H3;7-9,15-17H,10-11H2,1-6H3;6-8,14-16,20H,9-10H2,1-5H3;6-8,14H,9-10H2,1-5H3;2-4,10-12,15H,5-6H2,1H3;1-3,9,11H,4-5H2. The van der Waals surface area contributed by atoms with Gasteiger partial charge in [0.05, 0.1) is 50.7 Å². The van der Waals surface area contributed by atoms with Crippen LogP contribution in [0.4, 0.5) is 35.1 Å². The maximum absolute atomic E-state index is 13.4. The van der Waals surface area contributed by atoms with Gasteiger partial charge in [-0.1, -0.05) is 197 Å². The molecule has 0 saturated heterocycles. The van der Waals surface area contributed by atoms with Crippen molar-refractivity contribution < 1.29 is 96.9 Å². The second kappa shape index (κ2) is 41.6. The van der Waals surface area contributed by atoms with Gasteiger partial charge in [-0.05, 0) is 239 Å². The Kier molecular flexibility index (Phi) is 34.0. The Bertz CT molecular complexity index is 4570. The number of benzene rings is 7. The van der Waals surface area contributed by atoms with Gasteiger partial charge in [0.15, 0.2) is 25.0 Å². The molecule has 120 heavy (non-hydrogen) atoms. The van der Waals surface area contributed by atoms with E-state index in [0.29, 0.717) is 78.6 Å². The Morgan fingerprint density at radius 3 is 1.12 bits per heavy atom. The minimum Gasteiger partial charge on any atom is -0.492 e. The zero-order valence-corrected chi connectivity index (χ0v) is 79.1. The van der Waals surface area contributed by atoms with Gasteiger partial charge in [0, 0.05) is 47.8 Å². The third-order valence-electron chi connectivity index (χ3n) is 25.8. The van der Waals surface area contributed by atoms with E-state index in [9.17, 15) is 55.2 Å². The molecule has 0 aromatic heterocycles. The van der Waals surface area contributed by atoms with E-state index in [0.717, 1.165) is 105 Å². The Morgan fingerprint density at radius 1 is 0.425 bits per heavy atom. The number of aliphatic hydroxyl groups excluding tert-OH is 3. The molecule has 0 radical (unpaired) electrons. The number of rotatable bonds is 21. The number of fused-ring (bicyclic) bond motifs is 7. The number of carbonyl (C=O) groups is 1. The highest BCUT2D eigenvalue weighted by Crippen LogP contribution is 2.51. The molecule has 0 bridgehead atoms. The van der Waals surface area contributed by atoms with Crippen LogP contribution in [0.2, 0.25) is 54.4 Å². The molecule has 0 fully saturated rings. The summed E-state index contributed by atoms with van der Waals surface area (Å²) in [7, 11) is -0.183. The van der Waals surface area contributed by atoms with Crippen LogP contribution in [0.1, 0.15) is 269 Å². The summed E-state index contributed by atoms with van der Waals surface area (Å²) in [6.45, 7) is 34.0. The number of carbonyl (C=O) groups excluding carboxylic acids is 1. The van der Waals surface area contributed by atoms with Crippen LogP contribution >= 0.6 is 31.9 Å². The molecule has 0 saturated carbocycles. The van der Waals surface area contributed by atoms with Crippen LogP contribution in [0.5, 0.6) is 11.5 Å². The predicted molar refractivity (Wildman–Crippen MR) is 470 cm³/mol. The molecule has 6 aliphatic carbocycles. The molecule has 11 atom stereocenters. The van der Waals surface area contributed by atoms with Crippen molar-refractivity contribution in [1.82, 2.24) is 0 Å². The van der Waals surface area contributed by atoms with Gasteiger partial charge in [0.1, 0.15) is 42.0 Å². The van der Waals surface area contributed by atoms with E-state index in [1.54, 1.807) is 48.5 Å². The Morgan fingerprint density at radius 2 is 0.742 bits per heavy atom. The summed E-state index contributed by atoms with van der Waals surface area (Å²) in [5.74, 6) is 1.04. The number of ether oxygens (including phenoxy) is 6. The van der Waals surface area contributed by atoms with E-state index in [4.69, 9.17) is 41.7 Å². The highest BCUT2D eigenvalue weighted by molar-refractivity contribution is 9.10. The van der Waals surface area contributed by atoms with Crippen LogP contribution in [-0.2, 0) is 75.5 Å². The minimum absolute atomic E-state index is 0.0148. The maximum Gasteiger partial charge on any atom is 0.306 e. The molecule has 0 amide bonds. The summed E-state index contributed by atoms with van der Waals surface area (Å²) in [6.07, 6.45) is -6.28. The summed E-state index contributed by atoms with van der Waals surface area (Å²) in [5, 5.41) is 29.4. The molecule has 1 heterocycles. The third kappa shape index (κ3) is 23.3. The average molecular weight is 1860 g/mol. The maximum atomic E-state index is 13.4. The highest BCUT2D eigenvalue weighted by Gasteiger charge is 2.45. The fourth-order valence-electron chi connectivity index (χ4n) is 16.1. The largest absolute Gasteiger partial charge is 0.492 e. The van der Waals surface area contributed by atoms with Gasteiger partial charge in [-0.15, -0.1) is 0 Å². The number of aliphatic hydroxyl groups is 3. The molecule has 7 aromatic rings. The number of halogens is 10. The number of esters is 1. The van der Waals surface area contributed by atoms with Crippen molar-refractivity contribution >= 4 is 62.8 Å². The van der Waals surface area contributed by atoms with E-state index < -0.39 is 81.2 Å². The SMILES string of the molecule is CC(C)(C)[Si](C)(C)OC1CCc2c(Br)cccc21.CC(C)(C)[Si](C)(C)OC1CCc2c1cccc2C(O)C(F)F.COC(=O)CC1COc2cc(OC3CCc4c3cccc4C(OC)C(F)F)ccc21.COC(c1cccc2c1CCC2O)C(F)F.COC(c1cccc2c1CCC2O[Si](C)(C)C(C)(C)C)C(F)F.OC1CCc2c(Br)cccc21. The molecule has 660 valence electrons. The van der Waals surface area contributed by atoms with Crippen LogP contribution in [0.3, 0.4) is 0 Å². The lowest BCUT2D eigenvalue weighted by Crippen LogP contribution is -2.41. The lowest BCUT2D eigenvalue weighted by molar-refractivity contribution is -0.141. The number of hydrogen-bond acceptors (Lipinski definition) is 13. The molecule has 13 nitrogen and oxygen atoms in total. The Hall–Kier alpha value is -5.70. The first-order valence-corrected chi connectivity index (χ1v) is 51.9. The van der Waals surface area contributed by atoms with Crippen LogP contribution in [0, 0.1) is 0 Å². The van der Waals surface area contributed by atoms with E-state index >= 15 is 0 Å². The van der Waals surface area contributed by atoms with E-state index in [2.05, 4.69) is 152 Å². The van der Waals surface area contributed by atoms with Crippen LogP contribution in [0.25, 0.3) is 0 Å². The van der Waals surface area contributed by atoms with Crippen LogP contribution < -0.4 is 9.47 Å². The molecule has 11 unspecified atom stereocenters. The van der Waals surface area contributed by atoms with Crippen molar-refractivity contribution in [1.29, 1.82) is 0 Å². The highest BCUT2D eigenvalue weighted by atomic mass is 79.9. The third-order valence-corrected chi connectivity index (χ3v) is 40.8. The van der Waals surface area contributed by atoms with Gasteiger partial charge in [-0.3, -0.25) is 4.79 Å². The number of methoxy groups -OCH3 is 4.